The fraction of sp³-hybridized carbons (Fsp3) is 0.917. The van der Waals surface area contributed by atoms with Gasteiger partial charge in [-0.15, -0.1) is 12.4 Å². The summed E-state index contributed by atoms with van der Waals surface area (Å²) in [6.45, 7) is -1.27. The highest BCUT2D eigenvalue weighted by Gasteiger charge is 2.41. The first kappa shape index (κ1) is 27.5. The number of rotatable bonds is 6. The molecule has 13 N–H and O–H groups in total. The second-order valence-electron chi connectivity index (χ2n) is 5.38. The molecule has 1 rings (SSSR count). The summed E-state index contributed by atoms with van der Waals surface area (Å²) >= 11 is 0. The number of aliphatic hydroxyl groups excluding tert-OH is 9. The Morgan fingerprint density at radius 1 is 1.00 bits per heavy atom. The molecule has 0 spiro atoms. The molecular formula is C12H27ClN2O11. The SMILES string of the molecule is Cl.NC(=O)[C@H](O)[C@@H](O)[C@@H](O)[C@H](O)CO.N[C@H]1C(O)O[C@H](CO)[C@@H](O)[C@@H]1O. The Balaban J connectivity index is 0. The van der Waals surface area contributed by atoms with Crippen LogP contribution in [0.3, 0.4) is 0 Å². The number of carbonyl (C=O) groups is 1. The van der Waals surface area contributed by atoms with E-state index in [1.54, 1.807) is 0 Å². The molecule has 1 heterocycles. The quantitative estimate of drug-likeness (QED) is 0.195. The van der Waals surface area contributed by atoms with E-state index in [9.17, 15) is 15.0 Å². The maximum Gasteiger partial charge on any atom is 0.249 e. The Labute approximate surface area is 154 Å². The van der Waals surface area contributed by atoms with Crippen molar-refractivity contribution >= 4 is 18.3 Å². The fourth-order valence-electron chi connectivity index (χ4n) is 1.81. The number of nitrogens with two attached hydrogens (primary N) is 2. The van der Waals surface area contributed by atoms with Crippen LogP contribution in [0, 0.1) is 0 Å². The molecule has 0 aliphatic carbocycles. The van der Waals surface area contributed by atoms with Gasteiger partial charge in [-0.05, 0) is 0 Å². The second kappa shape index (κ2) is 12.7. The van der Waals surface area contributed by atoms with Gasteiger partial charge in [-0.1, -0.05) is 0 Å². The first-order valence-electron chi connectivity index (χ1n) is 7.18. The third-order valence-electron chi connectivity index (χ3n) is 3.49. The molecule has 0 radical (unpaired) electrons. The van der Waals surface area contributed by atoms with Gasteiger partial charge in [0, 0.05) is 0 Å². The first-order valence-corrected chi connectivity index (χ1v) is 7.18. The highest BCUT2D eigenvalue weighted by molar-refractivity contribution is 5.85. The average molecular weight is 411 g/mol. The molecule has 1 aliphatic rings. The lowest BCUT2D eigenvalue weighted by molar-refractivity contribution is -0.248. The van der Waals surface area contributed by atoms with E-state index in [1.807, 2.05) is 0 Å². The summed E-state index contributed by atoms with van der Waals surface area (Å²) in [6, 6.07) is -1.04. The topological polar surface area (TPSA) is 260 Å². The molecule has 1 unspecified atom stereocenters. The maximum absolute atomic E-state index is 10.3. The number of aliphatic hydroxyl groups is 9. The summed E-state index contributed by atoms with van der Waals surface area (Å²) in [5.41, 5.74) is 9.87. The maximum atomic E-state index is 10.3. The normalized spacial score (nSPS) is 32.9. The molecule has 9 atom stereocenters. The van der Waals surface area contributed by atoms with Crippen molar-refractivity contribution in [1.82, 2.24) is 0 Å². The molecule has 1 fully saturated rings. The highest BCUT2D eigenvalue weighted by atomic mass is 35.5. The number of ether oxygens (including phenoxy) is 1. The number of carbonyl (C=O) groups excluding carboxylic acids is 1. The van der Waals surface area contributed by atoms with E-state index in [2.05, 4.69) is 5.73 Å². The van der Waals surface area contributed by atoms with Gasteiger partial charge in [0.15, 0.2) is 12.4 Å². The lowest BCUT2D eigenvalue weighted by Crippen LogP contribution is -2.61. The standard InChI is InChI=1S/C6H13NO6.C6H13NO5.ClH/c7-6(13)5(12)4(11)3(10)2(9)1-8;7-3-5(10)4(9)2(1-8)12-6(3)11;/h2-5,8-12H,1H2,(H2,7,13);2-6,8-11H,1,7H2;1H/t2-,3+,4+,5-;2-,3-,4-,5-,6?;/m11./s1. The fourth-order valence-corrected chi connectivity index (χ4v) is 1.81. The molecule has 1 saturated heterocycles. The van der Waals surface area contributed by atoms with E-state index < -0.39 is 74.2 Å². The molecule has 13 nitrogen and oxygen atoms in total. The van der Waals surface area contributed by atoms with Gasteiger partial charge >= 0.3 is 0 Å². The van der Waals surface area contributed by atoms with E-state index in [0.29, 0.717) is 0 Å². The van der Waals surface area contributed by atoms with Gasteiger partial charge in [-0.3, -0.25) is 4.79 Å². The van der Waals surface area contributed by atoms with Crippen LogP contribution in [0.25, 0.3) is 0 Å². The summed E-state index contributed by atoms with van der Waals surface area (Å²) in [7, 11) is 0. The predicted octanol–water partition coefficient (Wildman–Crippen LogP) is -6.93. The molecule has 14 heteroatoms. The molecule has 0 aromatic rings. The number of halogens is 1. The Morgan fingerprint density at radius 2 is 1.50 bits per heavy atom. The molecule has 0 aromatic carbocycles. The lowest BCUT2D eigenvalue weighted by atomic mass is 9.98. The van der Waals surface area contributed by atoms with E-state index in [4.69, 9.17) is 46.2 Å². The molecule has 1 amide bonds. The number of amides is 1. The molecule has 0 saturated carbocycles. The largest absolute Gasteiger partial charge is 0.394 e. The third-order valence-corrected chi connectivity index (χ3v) is 3.49. The molecule has 0 aromatic heterocycles. The van der Waals surface area contributed by atoms with Crippen LogP contribution in [0.5, 0.6) is 0 Å². The van der Waals surface area contributed by atoms with Gasteiger partial charge in [-0.25, -0.2) is 0 Å². The molecule has 1 aliphatic heterocycles. The van der Waals surface area contributed by atoms with E-state index >= 15 is 0 Å². The van der Waals surface area contributed by atoms with Crippen LogP contribution in [0.4, 0.5) is 0 Å². The first-order chi connectivity index (χ1) is 11.5. The van der Waals surface area contributed by atoms with Crippen LogP contribution in [-0.2, 0) is 9.53 Å². The lowest BCUT2D eigenvalue weighted by Gasteiger charge is -2.38. The van der Waals surface area contributed by atoms with Crippen LogP contribution in [0.1, 0.15) is 0 Å². The Morgan fingerprint density at radius 3 is 1.88 bits per heavy atom. The second-order valence-corrected chi connectivity index (χ2v) is 5.38. The van der Waals surface area contributed by atoms with Crippen molar-refractivity contribution in [3.05, 3.63) is 0 Å². The van der Waals surface area contributed by atoms with Gasteiger partial charge in [0.2, 0.25) is 5.91 Å². The van der Waals surface area contributed by atoms with Gasteiger partial charge in [0.25, 0.3) is 0 Å². The van der Waals surface area contributed by atoms with Crippen LogP contribution < -0.4 is 11.5 Å². The molecule has 26 heavy (non-hydrogen) atoms. The summed E-state index contributed by atoms with van der Waals surface area (Å²) in [6.07, 6.45) is -12.2. The van der Waals surface area contributed by atoms with Gasteiger partial charge in [0.1, 0.15) is 36.6 Å². The minimum Gasteiger partial charge on any atom is -0.394 e. The van der Waals surface area contributed by atoms with Crippen LogP contribution in [-0.4, -0.2) is 120 Å². The Hall–Kier alpha value is -0.680. The van der Waals surface area contributed by atoms with E-state index in [0.717, 1.165) is 0 Å². The zero-order chi connectivity index (χ0) is 19.9. The smallest absolute Gasteiger partial charge is 0.249 e. The van der Waals surface area contributed by atoms with Crippen molar-refractivity contribution < 1.29 is 55.5 Å². The summed E-state index contributed by atoms with van der Waals surface area (Å²) < 4.78 is 4.70. The zero-order valence-electron chi connectivity index (χ0n) is 13.5. The zero-order valence-corrected chi connectivity index (χ0v) is 14.3. The average Bonchev–Trinajstić information content (AvgIpc) is 2.60. The molecular weight excluding hydrogens is 384 g/mol. The van der Waals surface area contributed by atoms with Crippen LogP contribution in [0.2, 0.25) is 0 Å². The Kier molecular flexibility index (Phi) is 13.4. The van der Waals surface area contributed by atoms with Crippen molar-refractivity contribution in [1.29, 1.82) is 0 Å². The van der Waals surface area contributed by atoms with Crippen molar-refractivity contribution in [3.63, 3.8) is 0 Å². The van der Waals surface area contributed by atoms with Crippen molar-refractivity contribution in [3.8, 4) is 0 Å². The molecule has 158 valence electrons. The number of hydrogen-bond acceptors (Lipinski definition) is 12. The monoisotopic (exact) mass is 410 g/mol. The van der Waals surface area contributed by atoms with Crippen LogP contribution >= 0.6 is 12.4 Å². The minimum atomic E-state index is -1.98. The van der Waals surface area contributed by atoms with E-state index in [-0.39, 0.29) is 12.4 Å². The van der Waals surface area contributed by atoms with Crippen molar-refractivity contribution in [2.75, 3.05) is 13.2 Å². The van der Waals surface area contributed by atoms with Crippen molar-refractivity contribution in [2.45, 2.75) is 55.1 Å². The van der Waals surface area contributed by atoms with Gasteiger partial charge < -0.3 is 62.2 Å². The van der Waals surface area contributed by atoms with Gasteiger partial charge in [-0.2, -0.15) is 0 Å². The minimum absolute atomic E-state index is 0. The highest BCUT2D eigenvalue weighted by Crippen LogP contribution is 2.17. The number of hydrogen-bond donors (Lipinski definition) is 11. The summed E-state index contributed by atoms with van der Waals surface area (Å²) in [5.74, 6) is -1.23. The molecule has 0 bridgehead atoms. The summed E-state index contributed by atoms with van der Waals surface area (Å²) in [4.78, 5) is 10.3. The van der Waals surface area contributed by atoms with E-state index in [1.165, 1.54) is 0 Å². The van der Waals surface area contributed by atoms with Crippen molar-refractivity contribution in [2.24, 2.45) is 11.5 Å². The van der Waals surface area contributed by atoms with Gasteiger partial charge in [0.05, 0.1) is 19.3 Å². The Bertz CT molecular complexity index is 403. The summed E-state index contributed by atoms with van der Waals surface area (Å²) in [5, 5.41) is 80.0. The van der Waals surface area contributed by atoms with Crippen LogP contribution in [0.15, 0.2) is 0 Å². The predicted molar refractivity (Wildman–Crippen MR) is 85.5 cm³/mol. The number of primary amides is 1. The third kappa shape index (κ3) is 7.51.